The number of cyclic esters (lactones) is 1. The van der Waals surface area contributed by atoms with Crippen LogP contribution in [0.2, 0.25) is 0 Å². The maximum atomic E-state index is 13.5. The quantitative estimate of drug-likeness (QED) is 0.0354. The molecule has 1 saturated heterocycles. The first-order chi connectivity index (χ1) is 30.0. The molecule has 9 N–H and O–H groups in total. The molecule has 18 heteroatoms. The summed E-state index contributed by atoms with van der Waals surface area (Å²) in [5.74, 6) is -5.03. The van der Waals surface area contributed by atoms with E-state index in [0.29, 0.717) is 19.3 Å². The van der Waals surface area contributed by atoms with Gasteiger partial charge in [0.15, 0.2) is 6.10 Å². The Balaban J connectivity index is 2.29. The maximum absolute atomic E-state index is 13.5. The normalized spacial score (nSPS) is 33.1. The third kappa shape index (κ3) is 22.8. The van der Waals surface area contributed by atoms with Crippen molar-refractivity contribution in [2.75, 3.05) is 13.2 Å². The topological polar surface area (TPSA) is 287 Å². The Morgan fingerprint density at radius 3 is 2.05 bits per heavy atom. The van der Waals surface area contributed by atoms with E-state index in [2.05, 4.69) is 19.1 Å². The number of aliphatic hydroxyl groups is 8. The lowest BCUT2D eigenvalue weighted by atomic mass is 9.82. The van der Waals surface area contributed by atoms with Gasteiger partial charge in [-0.25, -0.2) is 4.57 Å². The molecule has 1 heterocycles. The van der Waals surface area contributed by atoms with Crippen molar-refractivity contribution in [3.05, 3.63) is 24.3 Å². The zero-order valence-corrected chi connectivity index (χ0v) is 38.3. The number of fused-ring (bicyclic) bond motifs is 4. The second-order valence-electron chi connectivity index (χ2n) is 17.2. The number of aliphatic hydroxyl groups excluding tert-OH is 8. The van der Waals surface area contributed by atoms with E-state index in [1.54, 1.807) is 0 Å². The summed E-state index contributed by atoms with van der Waals surface area (Å²) in [5.41, 5.74) is 0. The number of Topliss-reactive ketones (excluding diaryl/α,β-unsaturated/α-hetero) is 1. The van der Waals surface area contributed by atoms with Crippen molar-refractivity contribution in [2.45, 2.75) is 216 Å². The molecular weight excluding hydrogens is 843 g/mol. The highest BCUT2D eigenvalue weighted by Gasteiger charge is 2.49. The van der Waals surface area contributed by atoms with Crippen molar-refractivity contribution >= 4 is 25.5 Å². The van der Waals surface area contributed by atoms with Crippen LogP contribution in [-0.4, -0.2) is 138 Å². The van der Waals surface area contributed by atoms with Gasteiger partial charge >= 0.3 is 19.8 Å². The van der Waals surface area contributed by atoms with Gasteiger partial charge in [0.25, 0.3) is 0 Å². The van der Waals surface area contributed by atoms with Crippen molar-refractivity contribution in [1.29, 1.82) is 0 Å². The van der Waals surface area contributed by atoms with Crippen LogP contribution in [0.4, 0.5) is 0 Å². The molecule has 1 unspecified atom stereocenters. The van der Waals surface area contributed by atoms with E-state index >= 15 is 0 Å². The van der Waals surface area contributed by atoms with Gasteiger partial charge in [-0.2, -0.15) is 0 Å². The molecule has 13 atom stereocenters. The van der Waals surface area contributed by atoms with Crippen LogP contribution in [0.15, 0.2) is 24.3 Å². The minimum absolute atomic E-state index is 0.00505. The lowest BCUT2D eigenvalue weighted by Gasteiger charge is -2.37. The van der Waals surface area contributed by atoms with Crippen LogP contribution < -0.4 is 0 Å². The van der Waals surface area contributed by atoms with Crippen LogP contribution >= 0.6 is 7.82 Å². The molecule has 366 valence electrons. The Morgan fingerprint density at radius 1 is 0.762 bits per heavy atom. The van der Waals surface area contributed by atoms with Crippen molar-refractivity contribution in [3.63, 3.8) is 0 Å². The number of unbranched alkanes of at least 4 members (excludes halogenated alkanes) is 11. The summed E-state index contributed by atoms with van der Waals surface area (Å²) in [4.78, 5) is 49.6. The van der Waals surface area contributed by atoms with Gasteiger partial charge in [-0.3, -0.25) is 23.4 Å². The van der Waals surface area contributed by atoms with Gasteiger partial charge in [0.2, 0.25) is 0 Å². The zero-order valence-electron chi connectivity index (χ0n) is 37.4. The summed E-state index contributed by atoms with van der Waals surface area (Å²) < 4.78 is 34.6. The van der Waals surface area contributed by atoms with E-state index in [1.165, 1.54) is 37.8 Å². The van der Waals surface area contributed by atoms with E-state index in [0.717, 1.165) is 51.4 Å². The standard InChI is InChI=1S/C45H79O17P/c1-3-5-7-8-9-10-11-12-13-14-15-16-18-24-39(51)61-33-29-59-38(50)23-20-19-22-32(47)27-35-37(49)28-36(48)34(26-25-31(46)21-17-6-4-2)40(52)43(55)45(44(56)42(54)41(35)53)62-63(57,58)60-30-33/h10-11,25-26,31,33-37,40-46,48-49,52-56H,3-9,12-24,27-30H2,1-2H3,(H,57,58)/b11-10-,26-25+/t31-,33+,34-,35-,36+,37-,40+,41+,42-,43+,44+,45+/m0/s1. The number of rotatable bonds is 20. The second kappa shape index (κ2) is 31.7. The van der Waals surface area contributed by atoms with Crippen LogP contribution in [0.5, 0.6) is 0 Å². The number of ether oxygens (including phenoxy) is 2. The lowest BCUT2D eigenvalue weighted by Crippen LogP contribution is -2.56. The van der Waals surface area contributed by atoms with E-state index in [-0.39, 0.29) is 32.1 Å². The van der Waals surface area contributed by atoms with Crippen LogP contribution in [-0.2, 0) is 37.5 Å². The number of ketones is 1. The first-order valence-electron chi connectivity index (χ1n) is 23.3. The van der Waals surface area contributed by atoms with E-state index < -0.39 is 124 Å². The minimum atomic E-state index is -5.49. The molecule has 2 rings (SSSR count). The molecule has 1 saturated carbocycles. The van der Waals surface area contributed by atoms with Crippen LogP contribution in [0, 0.1) is 11.8 Å². The van der Waals surface area contributed by atoms with Crippen molar-refractivity contribution in [2.24, 2.45) is 11.8 Å². The summed E-state index contributed by atoms with van der Waals surface area (Å²) >= 11 is 0. The molecule has 2 fully saturated rings. The van der Waals surface area contributed by atoms with Crippen molar-refractivity contribution in [1.82, 2.24) is 0 Å². The van der Waals surface area contributed by atoms with E-state index in [9.17, 15) is 64.7 Å². The number of carbonyl (C=O) groups is 3. The number of allylic oxidation sites excluding steroid dienone is 2. The molecule has 2 aliphatic rings. The summed E-state index contributed by atoms with van der Waals surface area (Å²) in [5, 5.41) is 90.0. The molecular formula is C45H79O17P. The first kappa shape index (κ1) is 57.0. The summed E-state index contributed by atoms with van der Waals surface area (Å²) in [6, 6.07) is 0. The average Bonchev–Trinajstić information content (AvgIpc) is 3.24. The second-order valence-corrected chi connectivity index (χ2v) is 18.6. The van der Waals surface area contributed by atoms with Gasteiger partial charge in [-0.1, -0.05) is 95.9 Å². The highest BCUT2D eigenvalue weighted by Crippen LogP contribution is 2.47. The fourth-order valence-electron chi connectivity index (χ4n) is 7.81. The summed E-state index contributed by atoms with van der Waals surface area (Å²) in [6.45, 7) is 2.68. The largest absolute Gasteiger partial charge is 0.472 e. The number of hydrogen-bond acceptors (Lipinski definition) is 16. The molecule has 1 aliphatic carbocycles. The molecule has 0 radical (unpaired) electrons. The van der Waals surface area contributed by atoms with Crippen LogP contribution in [0.3, 0.4) is 0 Å². The third-order valence-corrected chi connectivity index (χ3v) is 12.7. The molecule has 0 spiro atoms. The number of phosphoric ester groups is 1. The molecule has 17 nitrogen and oxygen atoms in total. The predicted octanol–water partition coefficient (Wildman–Crippen LogP) is 4.39. The fraction of sp³-hybridized carbons (Fsp3) is 0.844. The highest BCUT2D eigenvalue weighted by atomic mass is 31.2. The Bertz CT molecular complexity index is 1400. The number of carbonyl (C=O) groups excluding carboxylic acids is 3. The smallest absolute Gasteiger partial charge is 0.462 e. The Kier molecular flexibility index (Phi) is 28.7. The number of hydrogen-bond donors (Lipinski definition) is 9. The molecule has 0 aromatic rings. The Labute approximate surface area is 373 Å². The SMILES string of the molecule is CCCCCC/C=C\CCCCCCCC(=O)O[C@@H]1COC(=O)CCCCC(=O)C[C@@H]2[C@@H](O)[C@H](O)[C@@H](O)[C@H](OP(=O)(O)OC1)[C@H](O)[C@H](O)[C@@H](/C=C/[C@@H](O)CCCCC)[C@H](O)C[C@@H]2O. The molecule has 0 amide bonds. The van der Waals surface area contributed by atoms with Gasteiger partial charge in [0, 0.05) is 43.9 Å². The number of esters is 2. The first-order valence-corrected chi connectivity index (χ1v) is 24.8. The summed E-state index contributed by atoms with van der Waals surface area (Å²) in [6.07, 6.45) is -0.460. The van der Waals surface area contributed by atoms with Gasteiger partial charge in [0.05, 0.1) is 37.1 Å². The van der Waals surface area contributed by atoms with E-state index in [1.807, 2.05) is 6.92 Å². The van der Waals surface area contributed by atoms with Crippen LogP contribution in [0.1, 0.15) is 155 Å². The third-order valence-electron chi connectivity index (χ3n) is 11.7. The molecule has 2 bridgehead atoms. The van der Waals surface area contributed by atoms with E-state index in [4.69, 9.17) is 18.5 Å². The van der Waals surface area contributed by atoms with Gasteiger partial charge in [-0.05, 0) is 51.4 Å². The Hall–Kier alpha value is -2.12. The zero-order chi connectivity index (χ0) is 46.8. The van der Waals surface area contributed by atoms with Gasteiger partial charge in [-0.15, -0.1) is 0 Å². The summed E-state index contributed by atoms with van der Waals surface area (Å²) in [7, 11) is -5.49. The molecule has 0 aromatic heterocycles. The monoisotopic (exact) mass is 923 g/mol. The molecule has 1 aliphatic heterocycles. The highest BCUT2D eigenvalue weighted by molar-refractivity contribution is 7.47. The van der Waals surface area contributed by atoms with Crippen molar-refractivity contribution < 1.29 is 83.2 Å². The molecule has 63 heavy (non-hydrogen) atoms. The van der Waals surface area contributed by atoms with Gasteiger partial charge in [0.1, 0.15) is 36.8 Å². The maximum Gasteiger partial charge on any atom is 0.472 e. The molecule has 0 aromatic carbocycles. The average molecular weight is 923 g/mol. The fourth-order valence-corrected chi connectivity index (χ4v) is 8.78. The Morgan fingerprint density at radius 2 is 1.37 bits per heavy atom. The minimum Gasteiger partial charge on any atom is -0.462 e. The van der Waals surface area contributed by atoms with Crippen LogP contribution in [0.25, 0.3) is 0 Å². The van der Waals surface area contributed by atoms with Crippen molar-refractivity contribution in [3.8, 4) is 0 Å². The lowest BCUT2D eigenvalue weighted by molar-refractivity contribution is -0.168. The predicted molar refractivity (Wildman–Crippen MR) is 233 cm³/mol. The number of phosphoric acid groups is 1. The van der Waals surface area contributed by atoms with Gasteiger partial charge < -0.3 is 55.2 Å².